The quantitative estimate of drug-likeness (QED) is 0.775. The number of anilines is 1. The summed E-state index contributed by atoms with van der Waals surface area (Å²) in [4.78, 5) is 6.70. The van der Waals surface area contributed by atoms with Crippen LogP contribution in [0.25, 0.3) is 5.65 Å². The Balaban J connectivity index is 0.00000169. The lowest BCUT2D eigenvalue weighted by Gasteiger charge is -2.26. The Hall–Kier alpha value is -2.54. The van der Waals surface area contributed by atoms with Crippen LogP contribution in [-0.2, 0) is 0 Å². The number of hydrogen-bond acceptors (Lipinski definition) is 4. The van der Waals surface area contributed by atoms with E-state index in [0.29, 0.717) is 5.56 Å². The molecular formula is C17H19F2N5. The van der Waals surface area contributed by atoms with E-state index in [1.54, 1.807) is 10.7 Å². The van der Waals surface area contributed by atoms with Crippen LogP contribution in [-0.4, -0.2) is 21.1 Å². The number of rotatable bonds is 2. The van der Waals surface area contributed by atoms with Crippen LogP contribution in [0.5, 0.6) is 0 Å². The lowest BCUT2D eigenvalue weighted by atomic mass is 10.0. The van der Waals surface area contributed by atoms with E-state index in [0.717, 1.165) is 42.5 Å². The van der Waals surface area contributed by atoms with Gasteiger partial charge in [-0.2, -0.15) is 5.10 Å². The maximum Gasteiger partial charge on any atom is 0.160 e. The predicted octanol–water partition coefficient (Wildman–Crippen LogP) is 3.82. The van der Waals surface area contributed by atoms with Crippen molar-refractivity contribution in [3.8, 4) is 0 Å². The highest BCUT2D eigenvalue weighted by Gasteiger charge is 2.29. The van der Waals surface area contributed by atoms with Crippen LogP contribution in [0.1, 0.15) is 30.0 Å². The minimum Gasteiger partial charge on any atom is -0.349 e. The van der Waals surface area contributed by atoms with Crippen molar-refractivity contribution in [2.45, 2.75) is 25.8 Å². The Bertz CT molecular complexity index is 877. The van der Waals surface area contributed by atoms with Crippen molar-refractivity contribution in [2.24, 2.45) is 0 Å². The highest BCUT2D eigenvalue weighted by molar-refractivity contribution is 5.53. The molecule has 0 radical (unpaired) electrons. The van der Waals surface area contributed by atoms with Gasteiger partial charge in [-0.3, -0.25) is 0 Å². The first kappa shape index (κ1) is 16.3. The highest BCUT2D eigenvalue weighted by Crippen LogP contribution is 2.36. The van der Waals surface area contributed by atoms with E-state index in [4.69, 9.17) is 0 Å². The van der Waals surface area contributed by atoms with Crippen molar-refractivity contribution >= 4 is 11.5 Å². The molecule has 5 nitrogen and oxygen atoms in total. The fourth-order valence-electron chi connectivity index (χ4n) is 3.27. The summed E-state index contributed by atoms with van der Waals surface area (Å²) in [5.74, 6) is -0.0135. The van der Waals surface area contributed by atoms with Gasteiger partial charge in [0, 0.05) is 23.9 Å². The number of hydrogen-bond donors (Lipinski definition) is 1. The summed E-state index contributed by atoms with van der Waals surface area (Å²) in [7, 11) is 0. The van der Waals surface area contributed by atoms with Crippen molar-refractivity contribution in [1.82, 2.24) is 20.7 Å². The predicted molar refractivity (Wildman–Crippen MR) is 88.4 cm³/mol. The van der Waals surface area contributed by atoms with Crippen LogP contribution in [0.2, 0.25) is 0 Å². The third kappa shape index (κ3) is 2.60. The first-order valence-electron chi connectivity index (χ1n) is 7.66. The first-order valence-corrected chi connectivity index (χ1v) is 7.66. The Morgan fingerprint density at radius 1 is 1.21 bits per heavy atom. The topological polar surface area (TPSA) is 68.4 Å². The van der Waals surface area contributed by atoms with Gasteiger partial charge in [0.05, 0.1) is 12.2 Å². The molecule has 1 atom stereocenters. The minimum atomic E-state index is -0.414. The highest BCUT2D eigenvalue weighted by atomic mass is 19.1. The summed E-state index contributed by atoms with van der Waals surface area (Å²) in [6, 6.07) is 5.32. The average Bonchev–Trinajstić information content (AvgIpc) is 3.17. The summed E-state index contributed by atoms with van der Waals surface area (Å²) >= 11 is 0. The minimum absolute atomic E-state index is 0. The van der Waals surface area contributed by atoms with Crippen LogP contribution >= 0.6 is 0 Å². The molecule has 126 valence electrons. The molecule has 0 amide bonds. The van der Waals surface area contributed by atoms with Crippen molar-refractivity contribution in [2.75, 3.05) is 11.4 Å². The van der Waals surface area contributed by atoms with Gasteiger partial charge in [0.25, 0.3) is 0 Å². The van der Waals surface area contributed by atoms with Crippen molar-refractivity contribution in [1.29, 1.82) is 0 Å². The number of fused-ring (bicyclic) bond motifs is 1. The molecule has 0 unspecified atom stereocenters. The molecule has 1 saturated heterocycles. The zero-order valence-electron chi connectivity index (χ0n) is 13.4. The molecule has 0 bridgehead atoms. The van der Waals surface area contributed by atoms with Gasteiger partial charge in [-0.25, -0.2) is 18.3 Å². The standard InChI is InChI=1S/C17H16F2N4.H3N/c1-11-10-20-23-8-6-16(21-17(11)23)22-7-2-3-15(22)13-9-12(18)4-5-14(13)19;/h4-6,8-10,15H,2-3,7H2,1H3;1H3/t15-;/m1./s1. The molecule has 4 rings (SSSR count). The van der Waals surface area contributed by atoms with E-state index < -0.39 is 5.82 Å². The third-order valence-electron chi connectivity index (χ3n) is 4.39. The number of aromatic nitrogens is 3. The van der Waals surface area contributed by atoms with Gasteiger partial charge in [-0.1, -0.05) is 0 Å². The van der Waals surface area contributed by atoms with Gasteiger partial charge in [0.1, 0.15) is 17.5 Å². The Morgan fingerprint density at radius 3 is 2.88 bits per heavy atom. The van der Waals surface area contributed by atoms with E-state index in [1.165, 1.54) is 12.1 Å². The largest absolute Gasteiger partial charge is 0.349 e. The SMILES string of the molecule is Cc1cnn2ccc(N3CCC[C@@H]3c3cc(F)ccc3F)nc12.N. The van der Waals surface area contributed by atoms with Gasteiger partial charge >= 0.3 is 0 Å². The molecule has 3 aromatic rings. The second-order valence-electron chi connectivity index (χ2n) is 5.90. The Kier molecular flexibility index (Phi) is 4.19. The Morgan fingerprint density at radius 2 is 2.04 bits per heavy atom. The van der Waals surface area contributed by atoms with E-state index in [1.807, 2.05) is 24.1 Å². The van der Waals surface area contributed by atoms with E-state index in [-0.39, 0.29) is 18.0 Å². The molecule has 7 heteroatoms. The average molecular weight is 331 g/mol. The molecule has 3 heterocycles. The van der Waals surface area contributed by atoms with E-state index in [9.17, 15) is 8.78 Å². The van der Waals surface area contributed by atoms with Crippen LogP contribution in [0.3, 0.4) is 0 Å². The second-order valence-corrected chi connectivity index (χ2v) is 5.90. The van der Waals surface area contributed by atoms with Crippen molar-refractivity contribution < 1.29 is 8.78 Å². The molecule has 0 saturated carbocycles. The number of nitrogens with zero attached hydrogens (tertiary/aromatic N) is 4. The molecule has 0 aliphatic carbocycles. The molecule has 2 aromatic heterocycles. The third-order valence-corrected chi connectivity index (χ3v) is 4.39. The number of aryl methyl sites for hydroxylation is 1. The fraction of sp³-hybridized carbons (Fsp3) is 0.294. The van der Waals surface area contributed by atoms with Crippen LogP contribution in [0.4, 0.5) is 14.6 Å². The lowest BCUT2D eigenvalue weighted by molar-refractivity contribution is 0.560. The van der Waals surface area contributed by atoms with Gasteiger partial charge < -0.3 is 11.1 Å². The van der Waals surface area contributed by atoms with E-state index in [2.05, 4.69) is 10.1 Å². The van der Waals surface area contributed by atoms with Crippen molar-refractivity contribution in [3.63, 3.8) is 0 Å². The molecule has 1 aliphatic heterocycles. The van der Waals surface area contributed by atoms with Crippen molar-refractivity contribution in [3.05, 3.63) is 59.4 Å². The summed E-state index contributed by atoms with van der Waals surface area (Å²) in [6.07, 6.45) is 5.32. The number of benzene rings is 1. The summed E-state index contributed by atoms with van der Waals surface area (Å²) < 4.78 is 29.4. The van der Waals surface area contributed by atoms with Crippen LogP contribution in [0, 0.1) is 18.6 Å². The molecule has 24 heavy (non-hydrogen) atoms. The lowest BCUT2D eigenvalue weighted by Crippen LogP contribution is -2.24. The molecular weight excluding hydrogens is 312 g/mol. The zero-order valence-corrected chi connectivity index (χ0v) is 13.4. The smallest absolute Gasteiger partial charge is 0.160 e. The van der Waals surface area contributed by atoms with Gasteiger partial charge in [-0.15, -0.1) is 0 Å². The normalized spacial score (nSPS) is 17.3. The summed E-state index contributed by atoms with van der Waals surface area (Å²) in [5, 5.41) is 4.21. The monoisotopic (exact) mass is 331 g/mol. The first-order chi connectivity index (χ1) is 11.1. The maximum absolute atomic E-state index is 14.2. The van der Waals surface area contributed by atoms with E-state index >= 15 is 0 Å². The van der Waals surface area contributed by atoms with Gasteiger partial charge in [0.15, 0.2) is 5.65 Å². The molecule has 1 aromatic carbocycles. The van der Waals surface area contributed by atoms with Crippen LogP contribution < -0.4 is 11.1 Å². The molecule has 3 N–H and O–H groups in total. The molecule has 1 aliphatic rings. The fourth-order valence-corrected chi connectivity index (χ4v) is 3.27. The van der Waals surface area contributed by atoms with Crippen LogP contribution in [0.15, 0.2) is 36.7 Å². The summed E-state index contributed by atoms with van der Waals surface area (Å²) in [6.45, 7) is 2.73. The van der Waals surface area contributed by atoms with Gasteiger partial charge in [-0.05, 0) is 44.0 Å². The zero-order chi connectivity index (χ0) is 16.0. The number of halogens is 2. The summed E-state index contributed by atoms with van der Waals surface area (Å²) in [5.41, 5.74) is 2.17. The second kappa shape index (κ2) is 6.16. The maximum atomic E-state index is 14.2. The Labute approximate surface area is 138 Å². The van der Waals surface area contributed by atoms with Gasteiger partial charge in [0.2, 0.25) is 0 Å². The molecule has 0 spiro atoms. The molecule has 1 fully saturated rings.